The Morgan fingerprint density at radius 1 is 1.05 bits per heavy atom. The molecule has 1 amide bonds. The van der Waals surface area contributed by atoms with Crippen LogP contribution in [-0.4, -0.2) is 16.1 Å². The molecule has 0 saturated carbocycles. The van der Waals surface area contributed by atoms with Gasteiger partial charge in [0.15, 0.2) is 0 Å². The van der Waals surface area contributed by atoms with Crippen molar-refractivity contribution >= 4 is 5.91 Å². The molecule has 110 valence electrons. The molecule has 0 radical (unpaired) electrons. The smallest absolute Gasteiger partial charge is 0.269 e. The molecule has 1 aromatic heterocycles. The van der Waals surface area contributed by atoms with Crippen LogP contribution in [0.3, 0.4) is 0 Å². The molecule has 2 N–H and O–H groups in total. The number of hydrogen-bond acceptors (Lipinski definition) is 2. The van der Waals surface area contributed by atoms with Gasteiger partial charge < -0.3 is 5.32 Å². The summed E-state index contributed by atoms with van der Waals surface area (Å²) in [6.45, 7) is 1.96. The summed E-state index contributed by atoms with van der Waals surface area (Å²) in [5.41, 5.74) is 3.27. The molecule has 0 aliphatic carbocycles. The van der Waals surface area contributed by atoms with Crippen molar-refractivity contribution in [2.75, 3.05) is 0 Å². The van der Waals surface area contributed by atoms with Crippen LogP contribution >= 0.6 is 0 Å². The average Bonchev–Trinajstić information content (AvgIpc) is 3.06. The van der Waals surface area contributed by atoms with Crippen molar-refractivity contribution in [3.63, 3.8) is 0 Å². The van der Waals surface area contributed by atoms with Crippen molar-refractivity contribution in [3.05, 3.63) is 78.0 Å². The second-order valence-corrected chi connectivity index (χ2v) is 5.14. The van der Waals surface area contributed by atoms with Crippen LogP contribution < -0.4 is 5.32 Å². The van der Waals surface area contributed by atoms with E-state index < -0.39 is 0 Å². The zero-order valence-electron chi connectivity index (χ0n) is 12.3. The second kappa shape index (κ2) is 6.26. The summed E-state index contributed by atoms with van der Waals surface area (Å²) in [6.07, 6.45) is 0. The van der Waals surface area contributed by atoms with Crippen molar-refractivity contribution in [3.8, 4) is 11.3 Å². The average molecular weight is 291 g/mol. The first kappa shape index (κ1) is 14.1. The lowest BCUT2D eigenvalue weighted by molar-refractivity contribution is 0.0935. The number of amides is 1. The van der Waals surface area contributed by atoms with E-state index in [4.69, 9.17) is 0 Å². The van der Waals surface area contributed by atoms with Gasteiger partial charge in [-0.15, -0.1) is 0 Å². The molecule has 3 rings (SSSR count). The second-order valence-electron chi connectivity index (χ2n) is 5.14. The molecule has 2 aromatic carbocycles. The maximum absolute atomic E-state index is 12.3. The molecule has 0 fully saturated rings. The van der Waals surface area contributed by atoms with Crippen LogP contribution in [0.1, 0.15) is 29.0 Å². The molecule has 0 aliphatic rings. The predicted octanol–water partition coefficient (Wildman–Crippen LogP) is 3.57. The van der Waals surface area contributed by atoms with Gasteiger partial charge in [-0.2, -0.15) is 5.10 Å². The summed E-state index contributed by atoms with van der Waals surface area (Å²) in [7, 11) is 0. The molecular formula is C18H17N3O. The van der Waals surface area contributed by atoms with Gasteiger partial charge in [0.2, 0.25) is 0 Å². The van der Waals surface area contributed by atoms with Crippen LogP contribution in [0.15, 0.2) is 66.7 Å². The lowest BCUT2D eigenvalue weighted by Crippen LogP contribution is -2.26. The van der Waals surface area contributed by atoms with Gasteiger partial charge in [0.1, 0.15) is 5.69 Å². The first-order chi connectivity index (χ1) is 10.7. The van der Waals surface area contributed by atoms with Crippen LogP contribution in [0.4, 0.5) is 0 Å². The van der Waals surface area contributed by atoms with Crippen molar-refractivity contribution < 1.29 is 4.79 Å². The zero-order chi connectivity index (χ0) is 15.4. The Labute approximate surface area is 129 Å². The van der Waals surface area contributed by atoms with Gasteiger partial charge in [0.25, 0.3) is 5.91 Å². The van der Waals surface area contributed by atoms with Crippen molar-refractivity contribution in [1.29, 1.82) is 0 Å². The summed E-state index contributed by atoms with van der Waals surface area (Å²) in [6, 6.07) is 21.3. The first-order valence-electron chi connectivity index (χ1n) is 7.20. The fourth-order valence-electron chi connectivity index (χ4n) is 2.29. The Morgan fingerprint density at radius 2 is 1.68 bits per heavy atom. The Hall–Kier alpha value is -2.88. The number of carbonyl (C=O) groups excluding carboxylic acids is 1. The number of carbonyl (C=O) groups is 1. The lowest BCUT2D eigenvalue weighted by atomic mass is 10.1. The molecule has 0 aliphatic heterocycles. The third kappa shape index (κ3) is 3.06. The third-order valence-corrected chi connectivity index (χ3v) is 3.54. The van der Waals surface area contributed by atoms with Gasteiger partial charge in [-0.05, 0) is 18.6 Å². The van der Waals surface area contributed by atoms with Gasteiger partial charge >= 0.3 is 0 Å². The Morgan fingerprint density at radius 3 is 2.36 bits per heavy atom. The number of rotatable bonds is 4. The van der Waals surface area contributed by atoms with Gasteiger partial charge in [-0.3, -0.25) is 9.89 Å². The number of nitrogens with one attached hydrogen (secondary N) is 2. The van der Waals surface area contributed by atoms with Crippen LogP contribution in [0.5, 0.6) is 0 Å². The van der Waals surface area contributed by atoms with E-state index in [1.165, 1.54) is 0 Å². The summed E-state index contributed by atoms with van der Waals surface area (Å²) >= 11 is 0. The molecule has 1 heterocycles. The first-order valence-corrected chi connectivity index (χ1v) is 7.20. The van der Waals surface area contributed by atoms with Crippen molar-refractivity contribution in [1.82, 2.24) is 15.5 Å². The number of aromatic amines is 1. The molecule has 3 aromatic rings. The van der Waals surface area contributed by atoms with Crippen molar-refractivity contribution in [2.45, 2.75) is 13.0 Å². The molecule has 0 spiro atoms. The Kier molecular flexibility index (Phi) is 4.01. The van der Waals surface area contributed by atoms with Crippen molar-refractivity contribution in [2.24, 2.45) is 0 Å². The van der Waals surface area contributed by atoms with Gasteiger partial charge in [0.05, 0.1) is 11.7 Å². The maximum atomic E-state index is 12.3. The minimum atomic E-state index is -0.161. The highest BCUT2D eigenvalue weighted by atomic mass is 16.2. The maximum Gasteiger partial charge on any atom is 0.269 e. The molecule has 0 bridgehead atoms. The largest absolute Gasteiger partial charge is 0.344 e. The van der Waals surface area contributed by atoms with Gasteiger partial charge in [-0.25, -0.2) is 0 Å². The Balaban J connectivity index is 1.72. The highest BCUT2D eigenvalue weighted by Gasteiger charge is 2.14. The number of nitrogens with zero attached hydrogens (tertiary/aromatic N) is 1. The minimum Gasteiger partial charge on any atom is -0.344 e. The van der Waals surface area contributed by atoms with Gasteiger partial charge in [-0.1, -0.05) is 60.7 Å². The van der Waals surface area contributed by atoms with Crippen LogP contribution in [-0.2, 0) is 0 Å². The quantitative estimate of drug-likeness (QED) is 0.772. The number of hydrogen-bond donors (Lipinski definition) is 2. The van der Waals surface area contributed by atoms with E-state index in [1.807, 2.05) is 67.6 Å². The fraction of sp³-hybridized carbons (Fsp3) is 0.111. The molecule has 1 atom stereocenters. The van der Waals surface area contributed by atoms with E-state index in [9.17, 15) is 4.79 Å². The molecule has 4 nitrogen and oxygen atoms in total. The molecular weight excluding hydrogens is 274 g/mol. The monoisotopic (exact) mass is 291 g/mol. The van der Waals surface area contributed by atoms with E-state index in [0.29, 0.717) is 5.69 Å². The predicted molar refractivity (Wildman–Crippen MR) is 86.3 cm³/mol. The SMILES string of the molecule is C[C@@H](NC(=O)c1cc(-c2ccccc2)n[nH]1)c1ccccc1. The highest BCUT2D eigenvalue weighted by Crippen LogP contribution is 2.17. The highest BCUT2D eigenvalue weighted by molar-refractivity contribution is 5.93. The van der Waals surface area contributed by atoms with Crippen LogP contribution in [0.25, 0.3) is 11.3 Å². The third-order valence-electron chi connectivity index (χ3n) is 3.54. The fourth-order valence-corrected chi connectivity index (χ4v) is 2.29. The molecule has 0 saturated heterocycles. The molecule has 22 heavy (non-hydrogen) atoms. The normalized spacial score (nSPS) is 11.9. The van der Waals surface area contributed by atoms with E-state index in [-0.39, 0.29) is 11.9 Å². The number of benzene rings is 2. The van der Waals surface area contributed by atoms with Gasteiger partial charge in [0, 0.05) is 5.56 Å². The summed E-state index contributed by atoms with van der Waals surface area (Å²) in [5, 5.41) is 9.97. The molecule has 0 unspecified atom stereocenters. The summed E-state index contributed by atoms with van der Waals surface area (Å²) in [5.74, 6) is -0.161. The van der Waals surface area contributed by atoms with E-state index in [1.54, 1.807) is 6.07 Å². The van der Waals surface area contributed by atoms with Crippen LogP contribution in [0.2, 0.25) is 0 Å². The van der Waals surface area contributed by atoms with E-state index >= 15 is 0 Å². The Bertz CT molecular complexity index is 750. The topological polar surface area (TPSA) is 57.8 Å². The lowest BCUT2D eigenvalue weighted by Gasteiger charge is -2.13. The standard InChI is InChI=1S/C18H17N3O/c1-13(14-8-4-2-5-9-14)19-18(22)17-12-16(20-21-17)15-10-6-3-7-11-15/h2-13H,1H3,(H,19,22)(H,20,21)/t13-/m1/s1. The minimum absolute atomic E-state index is 0.0582. The zero-order valence-corrected chi connectivity index (χ0v) is 12.3. The summed E-state index contributed by atoms with van der Waals surface area (Å²) < 4.78 is 0. The van der Waals surface area contributed by atoms with Crippen LogP contribution in [0, 0.1) is 0 Å². The van der Waals surface area contributed by atoms with E-state index in [2.05, 4.69) is 15.5 Å². The van der Waals surface area contributed by atoms with E-state index in [0.717, 1.165) is 16.8 Å². The summed E-state index contributed by atoms with van der Waals surface area (Å²) in [4.78, 5) is 12.3. The molecule has 4 heteroatoms. The number of aromatic nitrogens is 2. The number of H-pyrrole nitrogens is 1.